The molecule has 1 fully saturated rings. The fraction of sp³-hybridized carbons (Fsp3) is 0.500. The Morgan fingerprint density at radius 1 is 1.27 bits per heavy atom. The van der Waals surface area contributed by atoms with Crippen LogP contribution in [0.3, 0.4) is 0 Å². The van der Waals surface area contributed by atoms with E-state index in [-0.39, 0.29) is 24.0 Å². The van der Waals surface area contributed by atoms with Gasteiger partial charge in [-0.25, -0.2) is 4.68 Å². The van der Waals surface area contributed by atoms with Crippen molar-refractivity contribution in [2.24, 2.45) is 10.4 Å². The number of guanidine groups is 1. The monoisotopic (exact) mass is 467 g/mol. The quantitative estimate of drug-likeness (QED) is 0.414. The molecule has 0 aliphatic carbocycles. The van der Waals surface area contributed by atoms with Gasteiger partial charge >= 0.3 is 0 Å². The van der Waals surface area contributed by atoms with Gasteiger partial charge in [0.25, 0.3) is 0 Å². The molecule has 0 amide bonds. The zero-order valence-electron chi connectivity index (χ0n) is 16.0. The third-order valence-corrected chi connectivity index (χ3v) is 4.63. The largest absolute Gasteiger partial charge is 0.357 e. The minimum Gasteiger partial charge on any atom is -0.357 e. The predicted molar refractivity (Wildman–Crippen MR) is 119 cm³/mol. The molecule has 0 saturated carbocycles. The van der Waals surface area contributed by atoms with E-state index in [0.29, 0.717) is 5.41 Å². The summed E-state index contributed by atoms with van der Waals surface area (Å²) in [5.74, 6) is 1.04. The molecule has 1 aromatic heterocycles. The van der Waals surface area contributed by atoms with E-state index in [0.717, 1.165) is 44.2 Å². The van der Waals surface area contributed by atoms with Gasteiger partial charge in [-0.1, -0.05) is 32.0 Å². The third kappa shape index (κ3) is 5.46. The molecule has 1 saturated heterocycles. The third-order valence-electron chi connectivity index (χ3n) is 4.63. The first-order chi connectivity index (χ1) is 12.1. The van der Waals surface area contributed by atoms with Crippen molar-refractivity contribution in [3.8, 4) is 5.69 Å². The van der Waals surface area contributed by atoms with Crippen molar-refractivity contribution in [3.63, 3.8) is 0 Å². The van der Waals surface area contributed by atoms with Gasteiger partial charge in [0.15, 0.2) is 5.96 Å². The minimum absolute atomic E-state index is 0. The highest BCUT2D eigenvalue weighted by Crippen LogP contribution is 2.28. The summed E-state index contributed by atoms with van der Waals surface area (Å²) in [5.41, 5.74) is 2.68. The van der Waals surface area contributed by atoms with Crippen LogP contribution in [0.5, 0.6) is 0 Å². The van der Waals surface area contributed by atoms with Crippen LogP contribution in [0, 0.1) is 5.41 Å². The minimum atomic E-state index is 0. The molecule has 142 valence electrons. The molecule has 0 spiro atoms. The smallest absolute Gasteiger partial charge is 0.193 e. The number of halogens is 1. The maximum absolute atomic E-state index is 4.83. The van der Waals surface area contributed by atoms with E-state index in [4.69, 9.17) is 4.99 Å². The SMILES string of the molecule is CCNC(=NCCc1cnn(-c2ccccc2)c1)N1CCC(C)(C)C1.I. The van der Waals surface area contributed by atoms with Crippen molar-refractivity contribution in [1.82, 2.24) is 20.0 Å². The van der Waals surface area contributed by atoms with Crippen LogP contribution < -0.4 is 5.32 Å². The molecule has 2 heterocycles. The van der Waals surface area contributed by atoms with Gasteiger partial charge in [0.2, 0.25) is 0 Å². The van der Waals surface area contributed by atoms with Crippen LogP contribution in [0.4, 0.5) is 0 Å². The average Bonchev–Trinajstić information content (AvgIpc) is 3.21. The van der Waals surface area contributed by atoms with E-state index in [1.165, 1.54) is 12.0 Å². The molecule has 0 bridgehead atoms. The van der Waals surface area contributed by atoms with Gasteiger partial charge in [0.1, 0.15) is 0 Å². The number of nitrogens with zero attached hydrogens (tertiary/aromatic N) is 4. The number of likely N-dealkylation sites (tertiary alicyclic amines) is 1. The Morgan fingerprint density at radius 3 is 2.69 bits per heavy atom. The molecule has 26 heavy (non-hydrogen) atoms. The van der Waals surface area contributed by atoms with E-state index in [1.807, 2.05) is 29.1 Å². The Kier molecular flexibility index (Phi) is 7.49. The lowest BCUT2D eigenvalue weighted by Gasteiger charge is -2.23. The number of para-hydroxylation sites is 1. The molecule has 1 aliphatic heterocycles. The van der Waals surface area contributed by atoms with E-state index in [1.54, 1.807) is 0 Å². The maximum Gasteiger partial charge on any atom is 0.193 e. The normalized spacial score (nSPS) is 16.4. The van der Waals surface area contributed by atoms with Crippen molar-refractivity contribution in [1.29, 1.82) is 0 Å². The maximum atomic E-state index is 4.83. The second kappa shape index (κ2) is 9.39. The number of nitrogens with one attached hydrogen (secondary N) is 1. The second-order valence-electron chi connectivity index (χ2n) is 7.45. The van der Waals surface area contributed by atoms with Gasteiger partial charge in [-0.05, 0) is 42.9 Å². The van der Waals surface area contributed by atoms with E-state index in [2.05, 4.69) is 54.4 Å². The van der Waals surface area contributed by atoms with Crippen LogP contribution in [0.25, 0.3) is 5.69 Å². The topological polar surface area (TPSA) is 45.5 Å². The number of aromatic nitrogens is 2. The number of benzene rings is 1. The summed E-state index contributed by atoms with van der Waals surface area (Å²) in [6.07, 6.45) is 6.16. The standard InChI is InChI=1S/C20H29N5.HI/c1-4-21-19(24-13-11-20(2,3)16-24)22-12-10-17-14-23-25(15-17)18-8-6-5-7-9-18;/h5-9,14-15H,4,10-13,16H2,1-3H3,(H,21,22);1H. The lowest BCUT2D eigenvalue weighted by atomic mass is 9.93. The van der Waals surface area contributed by atoms with Crippen LogP contribution in [-0.4, -0.2) is 46.8 Å². The molecule has 2 aromatic rings. The van der Waals surface area contributed by atoms with Crippen molar-refractivity contribution >= 4 is 29.9 Å². The van der Waals surface area contributed by atoms with Crippen molar-refractivity contribution < 1.29 is 0 Å². The summed E-state index contributed by atoms with van der Waals surface area (Å²) in [4.78, 5) is 7.22. The molecule has 1 N–H and O–H groups in total. The van der Waals surface area contributed by atoms with Crippen LogP contribution in [0.2, 0.25) is 0 Å². The molecule has 5 nitrogen and oxygen atoms in total. The number of hydrogen-bond acceptors (Lipinski definition) is 2. The van der Waals surface area contributed by atoms with Gasteiger partial charge in [-0.3, -0.25) is 4.99 Å². The zero-order chi connectivity index (χ0) is 17.7. The fourth-order valence-corrected chi connectivity index (χ4v) is 3.22. The molecule has 0 unspecified atom stereocenters. The van der Waals surface area contributed by atoms with Gasteiger partial charge in [-0.15, -0.1) is 24.0 Å². The molecule has 1 aliphatic rings. The van der Waals surface area contributed by atoms with E-state index >= 15 is 0 Å². The van der Waals surface area contributed by atoms with Crippen molar-refractivity contribution in [2.45, 2.75) is 33.6 Å². The summed E-state index contributed by atoms with van der Waals surface area (Å²) in [7, 11) is 0. The number of hydrogen-bond donors (Lipinski definition) is 1. The molecule has 0 atom stereocenters. The second-order valence-corrected chi connectivity index (χ2v) is 7.45. The summed E-state index contributed by atoms with van der Waals surface area (Å²) >= 11 is 0. The van der Waals surface area contributed by atoms with Crippen molar-refractivity contribution in [2.75, 3.05) is 26.2 Å². The summed E-state index contributed by atoms with van der Waals surface area (Å²) in [5, 5.41) is 7.89. The Morgan fingerprint density at radius 2 is 2.04 bits per heavy atom. The molecular formula is C20H30IN5. The van der Waals surface area contributed by atoms with Crippen LogP contribution in [0.15, 0.2) is 47.7 Å². The molecule has 6 heteroatoms. The molecule has 3 rings (SSSR count). The van der Waals surface area contributed by atoms with Crippen molar-refractivity contribution in [3.05, 3.63) is 48.3 Å². The number of rotatable bonds is 5. The van der Waals surface area contributed by atoms with Gasteiger partial charge in [0.05, 0.1) is 11.9 Å². The first-order valence-corrected chi connectivity index (χ1v) is 9.20. The zero-order valence-corrected chi connectivity index (χ0v) is 18.3. The lowest BCUT2D eigenvalue weighted by molar-refractivity contribution is 0.370. The first-order valence-electron chi connectivity index (χ1n) is 9.20. The van der Waals surface area contributed by atoms with Crippen LogP contribution >= 0.6 is 24.0 Å². The highest BCUT2D eigenvalue weighted by molar-refractivity contribution is 14.0. The summed E-state index contributed by atoms with van der Waals surface area (Å²) in [6, 6.07) is 10.2. The Hall–Kier alpha value is -1.57. The molecular weight excluding hydrogens is 437 g/mol. The number of aliphatic imine (C=N–C) groups is 1. The molecule has 0 radical (unpaired) electrons. The van der Waals surface area contributed by atoms with Gasteiger partial charge < -0.3 is 10.2 Å². The predicted octanol–water partition coefficient (Wildman–Crippen LogP) is 3.73. The fourth-order valence-electron chi connectivity index (χ4n) is 3.22. The summed E-state index contributed by atoms with van der Waals surface area (Å²) < 4.78 is 1.92. The molecule has 1 aromatic carbocycles. The Balaban J connectivity index is 0.00000243. The Bertz CT molecular complexity index is 708. The highest BCUT2D eigenvalue weighted by atomic mass is 127. The lowest BCUT2D eigenvalue weighted by Crippen LogP contribution is -2.40. The average molecular weight is 467 g/mol. The summed E-state index contributed by atoms with van der Waals surface area (Å²) in [6.45, 7) is 10.6. The van der Waals surface area contributed by atoms with Gasteiger partial charge in [-0.2, -0.15) is 5.10 Å². The van der Waals surface area contributed by atoms with Crippen LogP contribution in [-0.2, 0) is 6.42 Å². The van der Waals surface area contributed by atoms with Crippen LogP contribution in [0.1, 0.15) is 32.8 Å². The van der Waals surface area contributed by atoms with E-state index in [9.17, 15) is 0 Å². The first kappa shape index (κ1) is 20.7. The highest BCUT2D eigenvalue weighted by Gasteiger charge is 2.30. The van der Waals surface area contributed by atoms with Gasteiger partial charge in [0, 0.05) is 32.4 Å². The van der Waals surface area contributed by atoms with E-state index < -0.39 is 0 Å². The Labute approximate surface area is 173 Å².